The van der Waals surface area contributed by atoms with Crippen LogP contribution in [-0.4, -0.2) is 59.5 Å². The molecule has 2 aliphatic rings. The molecule has 3 atom stereocenters. The molecule has 9 nitrogen and oxygen atoms in total. The average Bonchev–Trinajstić information content (AvgIpc) is 3.57. The number of likely N-dealkylation sites (tertiary alicyclic amines) is 1. The van der Waals surface area contributed by atoms with Crippen LogP contribution in [0.15, 0.2) is 24.4 Å². The van der Waals surface area contributed by atoms with Gasteiger partial charge in [0.2, 0.25) is 21.8 Å². The molecule has 1 aromatic heterocycles. The molecule has 2 heterocycles. The molecule has 12 heteroatoms. The minimum atomic E-state index is -3.79. The Hall–Kier alpha value is -2.86. The number of rotatable bonds is 11. The van der Waals surface area contributed by atoms with E-state index in [1.807, 2.05) is 6.92 Å². The van der Waals surface area contributed by atoms with Gasteiger partial charge in [0, 0.05) is 24.2 Å². The smallest absolute Gasteiger partial charge is 0.239 e. The minimum absolute atomic E-state index is 0.0266. The number of carbonyl (C=O) groups is 2. The van der Waals surface area contributed by atoms with Gasteiger partial charge in [0.05, 0.1) is 30.1 Å². The first-order chi connectivity index (χ1) is 18.0. The Bertz CT molecular complexity index is 1260. The van der Waals surface area contributed by atoms with E-state index in [2.05, 4.69) is 20.0 Å². The number of hydrogen-bond donors (Lipinski definition) is 3. The lowest BCUT2D eigenvalue weighted by Crippen LogP contribution is -2.52. The Kier molecular flexibility index (Phi) is 8.81. The number of amides is 2. The van der Waals surface area contributed by atoms with Crippen molar-refractivity contribution in [2.24, 2.45) is 5.92 Å². The SMILES string of the molecule is CC(NC(=O)C(CC(=O)N1CCCC[C@@H]1C)NS(=O)(=O)CCC1CC1)c1ncc(-c2ccc(F)cc2F)[nH]1. The van der Waals surface area contributed by atoms with E-state index < -0.39 is 39.6 Å². The van der Waals surface area contributed by atoms with Gasteiger partial charge in [-0.1, -0.05) is 12.8 Å². The van der Waals surface area contributed by atoms with E-state index in [4.69, 9.17) is 0 Å². The van der Waals surface area contributed by atoms with Crippen molar-refractivity contribution >= 4 is 21.8 Å². The number of carbonyl (C=O) groups excluding carboxylic acids is 2. The molecule has 1 aromatic carbocycles. The summed E-state index contributed by atoms with van der Waals surface area (Å²) in [6.07, 6.45) is 6.36. The average molecular weight is 552 g/mol. The molecule has 208 valence electrons. The molecule has 1 saturated carbocycles. The highest BCUT2D eigenvalue weighted by molar-refractivity contribution is 7.89. The highest BCUT2D eigenvalue weighted by atomic mass is 32.2. The van der Waals surface area contributed by atoms with Crippen molar-refractivity contribution in [1.82, 2.24) is 24.9 Å². The van der Waals surface area contributed by atoms with Crippen molar-refractivity contribution in [2.45, 2.75) is 76.9 Å². The molecule has 2 unspecified atom stereocenters. The summed E-state index contributed by atoms with van der Waals surface area (Å²) < 4.78 is 55.5. The Morgan fingerprint density at radius 3 is 2.66 bits per heavy atom. The maximum Gasteiger partial charge on any atom is 0.239 e. The number of aromatic amines is 1. The third-order valence-corrected chi connectivity index (χ3v) is 8.63. The van der Waals surface area contributed by atoms with E-state index in [-0.39, 0.29) is 29.7 Å². The normalized spacial score (nSPS) is 19.7. The van der Waals surface area contributed by atoms with Crippen LogP contribution in [0.2, 0.25) is 0 Å². The largest absolute Gasteiger partial charge is 0.345 e. The topological polar surface area (TPSA) is 124 Å². The van der Waals surface area contributed by atoms with Gasteiger partial charge >= 0.3 is 0 Å². The van der Waals surface area contributed by atoms with Gasteiger partial charge in [-0.25, -0.2) is 26.9 Å². The Morgan fingerprint density at radius 1 is 1.21 bits per heavy atom. The zero-order valence-electron chi connectivity index (χ0n) is 21.7. The molecule has 2 fully saturated rings. The molecular formula is C26H35F2N5O4S. The maximum absolute atomic E-state index is 14.2. The monoisotopic (exact) mass is 551 g/mol. The van der Waals surface area contributed by atoms with Crippen LogP contribution in [-0.2, 0) is 19.6 Å². The van der Waals surface area contributed by atoms with Crippen molar-refractivity contribution < 1.29 is 26.8 Å². The zero-order chi connectivity index (χ0) is 27.4. The second-order valence-electron chi connectivity index (χ2n) is 10.4. The molecule has 38 heavy (non-hydrogen) atoms. The van der Waals surface area contributed by atoms with Gasteiger partial charge < -0.3 is 15.2 Å². The summed E-state index contributed by atoms with van der Waals surface area (Å²) in [5.41, 5.74) is 0.413. The quantitative estimate of drug-likeness (QED) is 0.395. The maximum atomic E-state index is 14.2. The van der Waals surface area contributed by atoms with Crippen LogP contribution in [0, 0.1) is 17.6 Å². The minimum Gasteiger partial charge on any atom is -0.345 e. The summed E-state index contributed by atoms with van der Waals surface area (Å²) >= 11 is 0. The standard InChI is InChI=1S/C26H35F2N5O4S/c1-16-5-3-4-11-33(16)24(34)14-22(32-38(36,37)12-10-18-6-7-18)26(35)30-17(2)25-29-15-23(31-25)20-9-8-19(27)13-21(20)28/h8-9,13,15-18,22,32H,3-7,10-12,14H2,1-2H3,(H,29,31)(H,30,35)/t16-,17?,22?/m0/s1. The van der Waals surface area contributed by atoms with E-state index in [1.165, 1.54) is 12.3 Å². The zero-order valence-corrected chi connectivity index (χ0v) is 22.5. The van der Waals surface area contributed by atoms with Gasteiger partial charge in [0.15, 0.2) is 0 Å². The molecule has 2 aromatic rings. The second kappa shape index (κ2) is 11.9. The fraction of sp³-hybridized carbons (Fsp3) is 0.577. The number of H-pyrrole nitrogens is 1. The fourth-order valence-corrected chi connectivity index (χ4v) is 6.12. The van der Waals surface area contributed by atoms with Gasteiger partial charge in [-0.2, -0.15) is 0 Å². The number of sulfonamides is 1. The lowest BCUT2D eigenvalue weighted by molar-refractivity contribution is -0.137. The molecule has 1 saturated heterocycles. The van der Waals surface area contributed by atoms with Crippen LogP contribution in [0.3, 0.4) is 0 Å². The molecule has 0 spiro atoms. The van der Waals surface area contributed by atoms with Crippen LogP contribution in [0.1, 0.15) is 70.7 Å². The summed E-state index contributed by atoms with van der Waals surface area (Å²) in [6.45, 7) is 4.16. The molecule has 2 amide bonds. The van der Waals surface area contributed by atoms with Crippen LogP contribution in [0.4, 0.5) is 8.78 Å². The molecule has 0 bridgehead atoms. The van der Waals surface area contributed by atoms with Gasteiger partial charge in [0.1, 0.15) is 23.5 Å². The van der Waals surface area contributed by atoms with Crippen LogP contribution in [0.25, 0.3) is 11.3 Å². The van der Waals surface area contributed by atoms with E-state index >= 15 is 0 Å². The van der Waals surface area contributed by atoms with E-state index in [1.54, 1.807) is 11.8 Å². The first-order valence-electron chi connectivity index (χ1n) is 13.1. The molecule has 0 radical (unpaired) electrons. The summed E-state index contributed by atoms with van der Waals surface area (Å²) in [4.78, 5) is 35.2. The molecule has 1 aliphatic carbocycles. The van der Waals surface area contributed by atoms with Gasteiger partial charge in [-0.3, -0.25) is 9.59 Å². The van der Waals surface area contributed by atoms with E-state index in [9.17, 15) is 26.8 Å². The highest BCUT2D eigenvalue weighted by Crippen LogP contribution is 2.32. The predicted molar refractivity (Wildman–Crippen MR) is 138 cm³/mol. The lowest BCUT2D eigenvalue weighted by Gasteiger charge is -2.34. The number of aromatic nitrogens is 2. The first kappa shape index (κ1) is 28.2. The van der Waals surface area contributed by atoms with Crippen molar-refractivity contribution in [2.75, 3.05) is 12.3 Å². The van der Waals surface area contributed by atoms with Crippen LogP contribution in [0.5, 0.6) is 0 Å². The second-order valence-corrected chi connectivity index (χ2v) is 12.3. The van der Waals surface area contributed by atoms with Crippen molar-refractivity contribution in [1.29, 1.82) is 0 Å². The fourth-order valence-electron chi connectivity index (χ4n) is 4.74. The van der Waals surface area contributed by atoms with E-state index in [0.29, 0.717) is 30.4 Å². The number of hydrogen-bond acceptors (Lipinski definition) is 5. The highest BCUT2D eigenvalue weighted by Gasteiger charge is 2.33. The van der Waals surface area contributed by atoms with Crippen molar-refractivity contribution in [3.8, 4) is 11.3 Å². The van der Waals surface area contributed by atoms with Crippen LogP contribution >= 0.6 is 0 Å². The summed E-state index contributed by atoms with van der Waals surface area (Å²) in [5, 5.41) is 2.72. The Labute approximate surface area is 221 Å². The molecule has 1 aliphatic heterocycles. The van der Waals surface area contributed by atoms with Crippen molar-refractivity contribution in [3.63, 3.8) is 0 Å². The summed E-state index contributed by atoms with van der Waals surface area (Å²) in [5.74, 6) is -1.81. The number of benzene rings is 1. The van der Waals surface area contributed by atoms with Gasteiger partial charge in [-0.05, 0) is 57.6 Å². The third-order valence-electron chi connectivity index (χ3n) is 7.22. The lowest BCUT2D eigenvalue weighted by atomic mass is 10.0. The summed E-state index contributed by atoms with van der Waals surface area (Å²) in [7, 11) is -3.79. The molecule has 3 N–H and O–H groups in total. The Balaban J connectivity index is 1.46. The van der Waals surface area contributed by atoms with Gasteiger partial charge in [0.25, 0.3) is 0 Å². The van der Waals surface area contributed by atoms with E-state index in [0.717, 1.165) is 44.2 Å². The van der Waals surface area contributed by atoms with Gasteiger partial charge in [-0.15, -0.1) is 0 Å². The molecule has 4 rings (SSSR count). The summed E-state index contributed by atoms with van der Waals surface area (Å²) in [6, 6.07) is 1.21. The number of nitrogens with one attached hydrogen (secondary N) is 3. The number of nitrogens with zero attached hydrogens (tertiary/aromatic N) is 2. The van der Waals surface area contributed by atoms with Crippen LogP contribution < -0.4 is 10.0 Å². The van der Waals surface area contributed by atoms with Crippen molar-refractivity contribution in [3.05, 3.63) is 41.9 Å². The number of piperidine rings is 1. The first-order valence-corrected chi connectivity index (χ1v) is 14.8. The Morgan fingerprint density at radius 2 is 1.97 bits per heavy atom. The number of imidazole rings is 1. The molecular weight excluding hydrogens is 516 g/mol. The number of halogens is 2. The predicted octanol–water partition coefficient (Wildman–Crippen LogP) is 3.41. The third kappa shape index (κ3) is 7.37.